The van der Waals surface area contributed by atoms with Crippen LogP contribution in [0.3, 0.4) is 0 Å². The Hall–Kier alpha value is -4.43. The number of hydrogen-bond acceptors (Lipinski definition) is 5. The number of nitro groups is 1. The summed E-state index contributed by atoms with van der Waals surface area (Å²) in [6.45, 7) is 0. The normalized spacial score (nSPS) is 11.3. The van der Waals surface area contributed by atoms with E-state index in [1.165, 1.54) is 28.6 Å². The Labute approximate surface area is 211 Å². The second-order valence-electron chi connectivity index (χ2n) is 8.43. The maximum atomic E-state index is 11.5. The van der Waals surface area contributed by atoms with Crippen LogP contribution in [0.1, 0.15) is 17.0 Å². The third-order valence-electron chi connectivity index (χ3n) is 6.24. The number of rotatable bonds is 7. The molecule has 2 heterocycles. The highest BCUT2D eigenvalue weighted by molar-refractivity contribution is 7.98. The molecular formula is C28H21N5O2S. The van der Waals surface area contributed by atoms with Gasteiger partial charge < -0.3 is 4.98 Å². The number of nitro benzene ring substituents is 1. The molecule has 4 aromatic carbocycles. The number of hydrogen-bond donors (Lipinski definition) is 1. The molecule has 0 amide bonds. The van der Waals surface area contributed by atoms with Gasteiger partial charge in [0.1, 0.15) is 5.82 Å². The van der Waals surface area contributed by atoms with E-state index in [0.29, 0.717) is 22.9 Å². The summed E-state index contributed by atoms with van der Waals surface area (Å²) in [6.07, 6.45) is 0.581. The van der Waals surface area contributed by atoms with Crippen molar-refractivity contribution in [3.63, 3.8) is 0 Å². The quantitative estimate of drug-likeness (QED) is 0.153. The topological polar surface area (TPSA) is 89.6 Å². The maximum Gasteiger partial charge on any atom is 0.273 e. The fourth-order valence-corrected chi connectivity index (χ4v) is 5.52. The van der Waals surface area contributed by atoms with Gasteiger partial charge in [-0.15, -0.1) is 10.2 Å². The number of H-pyrrole nitrogens is 1. The lowest BCUT2D eigenvalue weighted by Crippen LogP contribution is -2.04. The van der Waals surface area contributed by atoms with Gasteiger partial charge in [0, 0.05) is 45.8 Å². The van der Waals surface area contributed by atoms with Crippen molar-refractivity contribution < 1.29 is 4.92 Å². The monoisotopic (exact) mass is 491 g/mol. The number of aromatic amines is 1. The van der Waals surface area contributed by atoms with Crippen LogP contribution >= 0.6 is 11.8 Å². The highest BCUT2D eigenvalue weighted by Crippen LogP contribution is 2.32. The van der Waals surface area contributed by atoms with E-state index in [1.54, 1.807) is 12.1 Å². The van der Waals surface area contributed by atoms with E-state index >= 15 is 0 Å². The van der Waals surface area contributed by atoms with Crippen molar-refractivity contribution in [2.24, 2.45) is 0 Å². The Morgan fingerprint density at radius 1 is 0.806 bits per heavy atom. The van der Waals surface area contributed by atoms with Crippen molar-refractivity contribution in [2.45, 2.75) is 17.3 Å². The lowest BCUT2D eigenvalue weighted by Gasteiger charge is -2.11. The molecule has 1 N–H and O–H groups in total. The summed E-state index contributed by atoms with van der Waals surface area (Å²) in [6, 6.07) is 31.4. The number of thioether (sulfide) groups is 1. The molecular weight excluding hydrogens is 470 g/mol. The summed E-state index contributed by atoms with van der Waals surface area (Å²) >= 11 is 1.44. The fraction of sp³-hybridized carbons (Fsp3) is 0.0714. The van der Waals surface area contributed by atoms with Gasteiger partial charge in [-0.25, -0.2) is 0 Å². The highest BCUT2D eigenvalue weighted by atomic mass is 32.2. The summed E-state index contributed by atoms with van der Waals surface area (Å²) < 4.78 is 2.04. The molecule has 0 radical (unpaired) electrons. The number of para-hydroxylation sites is 4. The zero-order valence-electron chi connectivity index (χ0n) is 19.2. The lowest BCUT2D eigenvalue weighted by molar-refractivity contribution is -0.385. The molecule has 0 aliphatic rings. The van der Waals surface area contributed by atoms with Gasteiger partial charge in [-0.3, -0.25) is 14.7 Å². The molecule has 6 rings (SSSR count). The third kappa shape index (κ3) is 4.01. The second-order valence-corrected chi connectivity index (χ2v) is 9.37. The first-order chi connectivity index (χ1) is 17.7. The van der Waals surface area contributed by atoms with E-state index in [2.05, 4.69) is 51.6 Å². The summed E-state index contributed by atoms with van der Waals surface area (Å²) in [4.78, 5) is 14.7. The molecule has 0 spiro atoms. The molecule has 0 bridgehead atoms. The molecule has 36 heavy (non-hydrogen) atoms. The third-order valence-corrected chi connectivity index (χ3v) is 7.21. The van der Waals surface area contributed by atoms with Crippen molar-refractivity contribution >= 4 is 39.3 Å². The van der Waals surface area contributed by atoms with Crippen LogP contribution in [0.4, 0.5) is 5.69 Å². The smallest absolute Gasteiger partial charge is 0.273 e. The first-order valence-corrected chi connectivity index (χ1v) is 12.5. The Morgan fingerprint density at radius 2 is 1.53 bits per heavy atom. The molecule has 0 saturated heterocycles. The predicted octanol–water partition coefficient (Wildman–Crippen LogP) is 6.69. The van der Waals surface area contributed by atoms with Gasteiger partial charge in [-0.1, -0.05) is 84.6 Å². The molecule has 0 unspecified atom stereocenters. The van der Waals surface area contributed by atoms with Gasteiger partial charge in [0.25, 0.3) is 5.69 Å². The van der Waals surface area contributed by atoms with Gasteiger partial charge in [0.05, 0.1) is 10.4 Å². The second kappa shape index (κ2) is 9.31. The Bertz CT molecular complexity index is 1710. The van der Waals surface area contributed by atoms with E-state index in [1.807, 2.05) is 47.0 Å². The summed E-state index contributed by atoms with van der Waals surface area (Å²) in [7, 11) is 0. The van der Waals surface area contributed by atoms with Gasteiger partial charge in [-0.2, -0.15) is 0 Å². The first-order valence-electron chi connectivity index (χ1n) is 11.5. The first kappa shape index (κ1) is 22.1. The van der Waals surface area contributed by atoms with E-state index in [-0.39, 0.29) is 10.6 Å². The van der Waals surface area contributed by atoms with E-state index in [4.69, 9.17) is 0 Å². The molecule has 0 aliphatic heterocycles. The van der Waals surface area contributed by atoms with Crippen LogP contribution in [-0.2, 0) is 12.2 Å². The van der Waals surface area contributed by atoms with Crippen molar-refractivity contribution in [2.75, 3.05) is 0 Å². The summed E-state index contributed by atoms with van der Waals surface area (Å²) in [5.74, 6) is 1.22. The van der Waals surface area contributed by atoms with Crippen molar-refractivity contribution in [1.29, 1.82) is 0 Å². The minimum atomic E-state index is -0.343. The van der Waals surface area contributed by atoms with Crippen LogP contribution in [-0.4, -0.2) is 24.7 Å². The molecule has 176 valence electrons. The number of nitrogens with one attached hydrogen (secondary N) is 1. The van der Waals surface area contributed by atoms with Crippen LogP contribution in [0.2, 0.25) is 0 Å². The standard InChI is InChI=1S/C28H21N5O2S/c34-33(35)25-16-7-4-9-20(25)18-36-28-31-30-26(32(28)21-11-2-1-3-12-21)17-19-10-8-14-23-22-13-5-6-15-24(22)29-27(19)23/h1-16,29H,17-18H2. The van der Waals surface area contributed by atoms with Crippen LogP contribution < -0.4 is 0 Å². The van der Waals surface area contributed by atoms with Crippen LogP contribution in [0.5, 0.6) is 0 Å². The minimum absolute atomic E-state index is 0.112. The maximum absolute atomic E-state index is 11.5. The highest BCUT2D eigenvalue weighted by Gasteiger charge is 2.19. The molecule has 6 aromatic rings. The molecule has 2 aromatic heterocycles. The predicted molar refractivity (Wildman–Crippen MR) is 143 cm³/mol. The van der Waals surface area contributed by atoms with Gasteiger partial charge in [-0.05, 0) is 23.8 Å². The minimum Gasteiger partial charge on any atom is -0.354 e. The SMILES string of the molecule is O=[N+]([O-])c1ccccc1CSc1nnc(Cc2cccc3c2[nH]c2ccccc23)n1-c1ccccc1. The lowest BCUT2D eigenvalue weighted by atomic mass is 10.1. The van der Waals surface area contributed by atoms with Crippen LogP contribution in [0.15, 0.2) is 102 Å². The van der Waals surface area contributed by atoms with Crippen molar-refractivity contribution in [3.05, 3.63) is 124 Å². The fourth-order valence-electron chi connectivity index (χ4n) is 4.55. The Morgan fingerprint density at radius 3 is 2.39 bits per heavy atom. The average Bonchev–Trinajstić information content (AvgIpc) is 3.50. The Balaban J connectivity index is 1.39. The molecule has 7 nitrogen and oxygen atoms in total. The zero-order chi connectivity index (χ0) is 24.5. The van der Waals surface area contributed by atoms with E-state index in [9.17, 15) is 10.1 Å². The molecule has 0 aliphatic carbocycles. The van der Waals surface area contributed by atoms with Gasteiger partial charge >= 0.3 is 0 Å². The number of nitrogens with zero attached hydrogens (tertiary/aromatic N) is 4. The molecule has 0 atom stereocenters. The van der Waals surface area contributed by atoms with E-state index in [0.717, 1.165) is 28.1 Å². The Kier molecular flexibility index (Phi) is 5.71. The summed E-state index contributed by atoms with van der Waals surface area (Å²) in [5.41, 5.74) is 5.04. The molecule has 0 fully saturated rings. The average molecular weight is 492 g/mol. The van der Waals surface area contributed by atoms with E-state index < -0.39 is 0 Å². The zero-order valence-corrected chi connectivity index (χ0v) is 20.0. The number of fused-ring (bicyclic) bond motifs is 3. The number of aromatic nitrogens is 4. The van der Waals surface area contributed by atoms with Gasteiger partial charge in [0.15, 0.2) is 5.16 Å². The van der Waals surface area contributed by atoms with Crippen LogP contribution in [0.25, 0.3) is 27.5 Å². The van der Waals surface area contributed by atoms with Crippen LogP contribution in [0, 0.1) is 10.1 Å². The van der Waals surface area contributed by atoms with Crippen molar-refractivity contribution in [3.8, 4) is 5.69 Å². The molecule has 8 heteroatoms. The summed E-state index contributed by atoms with van der Waals surface area (Å²) in [5, 5.41) is 23.6. The molecule has 0 saturated carbocycles. The number of benzene rings is 4. The van der Waals surface area contributed by atoms with Gasteiger partial charge in [0.2, 0.25) is 0 Å². The largest absolute Gasteiger partial charge is 0.354 e. The van der Waals surface area contributed by atoms with Crippen molar-refractivity contribution in [1.82, 2.24) is 19.7 Å².